The zero-order valence-electron chi connectivity index (χ0n) is 23.7. The molecule has 0 saturated heterocycles. The van der Waals surface area contributed by atoms with Gasteiger partial charge in [-0.2, -0.15) is 0 Å². The molecule has 4 aromatic rings. The Kier molecular flexibility index (Phi) is 11.2. The van der Waals surface area contributed by atoms with E-state index in [4.69, 9.17) is 64.3 Å². The van der Waals surface area contributed by atoms with Crippen molar-refractivity contribution in [1.82, 2.24) is 9.97 Å². The van der Waals surface area contributed by atoms with Crippen molar-refractivity contribution in [2.45, 2.75) is 37.8 Å². The van der Waals surface area contributed by atoms with Crippen LogP contribution in [0.2, 0.25) is 10.0 Å². The summed E-state index contributed by atoms with van der Waals surface area (Å²) in [7, 11) is 3.10. The summed E-state index contributed by atoms with van der Waals surface area (Å²) in [6, 6.07) is 18.3. The van der Waals surface area contributed by atoms with Gasteiger partial charge in [0.15, 0.2) is 0 Å². The van der Waals surface area contributed by atoms with Gasteiger partial charge in [-0.1, -0.05) is 59.6 Å². The van der Waals surface area contributed by atoms with Crippen molar-refractivity contribution in [3.63, 3.8) is 0 Å². The molecule has 2 aromatic carbocycles. The Labute approximate surface area is 256 Å². The minimum absolute atomic E-state index is 0.0716. The monoisotopic (exact) mass is 610 g/mol. The fraction of sp³-hybridized carbons (Fsp3) is 0.312. The molecule has 4 rings (SSSR count). The van der Waals surface area contributed by atoms with Gasteiger partial charge >= 0.3 is 0 Å². The van der Waals surface area contributed by atoms with Gasteiger partial charge in [-0.05, 0) is 49.9 Å². The summed E-state index contributed by atoms with van der Waals surface area (Å²) in [4.78, 5) is 9.41. The lowest BCUT2D eigenvalue weighted by Crippen LogP contribution is -2.13. The van der Waals surface area contributed by atoms with Gasteiger partial charge in [-0.3, -0.25) is 0 Å². The SMILES string of the molecule is COc1nc(-c2cccc(-c3cccc(-c4ccc([C@@H](N)CCCO)c(OC)n4)c3Cl)c2Cl)ccc1[C@@H](N)CCCO. The molecule has 0 fully saturated rings. The Balaban J connectivity index is 1.72. The molecule has 2 atom stereocenters. The van der Waals surface area contributed by atoms with Crippen LogP contribution in [0.5, 0.6) is 11.8 Å². The first-order chi connectivity index (χ1) is 20.3. The van der Waals surface area contributed by atoms with Crippen LogP contribution < -0.4 is 20.9 Å². The number of nitrogens with two attached hydrogens (primary N) is 2. The van der Waals surface area contributed by atoms with Crippen LogP contribution in [0, 0.1) is 0 Å². The maximum absolute atomic E-state index is 9.17. The Bertz CT molecular complexity index is 1410. The minimum Gasteiger partial charge on any atom is -0.481 e. The number of hydrogen-bond donors (Lipinski definition) is 4. The van der Waals surface area contributed by atoms with E-state index in [9.17, 15) is 0 Å². The van der Waals surface area contributed by atoms with Crippen LogP contribution in [0.4, 0.5) is 0 Å². The highest BCUT2D eigenvalue weighted by Crippen LogP contribution is 2.43. The highest BCUT2D eigenvalue weighted by atomic mass is 35.5. The van der Waals surface area contributed by atoms with Crippen molar-refractivity contribution in [2.24, 2.45) is 11.5 Å². The quantitative estimate of drug-likeness (QED) is 0.137. The predicted octanol–water partition coefficient (Wildman–Crippen LogP) is 6.35. The number of methoxy groups -OCH3 is 2. The van der Waals surface area contributed by atoms with E-state index in [1.165, 1.54) is 0 Å². The number of pyridine rings is 2. The maximum Gasteiger partial charge on any atom is 0.218 e. The van der Waals surface area contributed by atoms with Crippen molar-refractivity contribution in [3.05, 3.63) is 81.8 Å². The van der Waals surface area contributed by atoms with E-state index >= 15 is 0 Å². The fourth-order valence-corrected chi connectivity index (χ4v) is 5.55. The molecule has 0 amide bonds. The zero-order valence-corrected chi connectivity index (χ0v) is 25.2. The van der Waals surface area contributed by atoms with Gasteiger partial charge in [0, 0.05) is 58.7 Å². The Morgan fingerprint density at radius 2 is 1.02 bits per heavy atom. The second-order valence-electron chi connectivity index (χ2n) is 9.87. The number of ether oxygens (including phenoxy) is 2. The van der Waals surface area contributed by atoms with Crippen molar-refractivity contribution in [1.29, 1.82) is 0 Å². The predicted molar refractivity (Wildman–Crippen MR) is 168 cm³/mol. The zero-order chi connectivity index (χ0) is 30.2. The normalized spacial score (nSPS) is 12.7. The molecule has 0 saturated carbocycles. The standard InChI is InChI=1S/C32H36Cl2N4O4/c1-41-31-21(25(35)11-5-17-39)13-15-27(37-31)23-9-3-7-19(29(23)33)20-8-4-10-24(30(20)34)28-16-14-22(32(38-28)42-2)26(36)12-6-18-40/h3-4,7-10,13-16,25-26,39-40H,5-6,11-12,17-18,35-36H2,1-2H3/t25-,26-/m0/s1. The van der Waals surface area contributed by atoms with E-state index in [2.05, 4.69) is 0 Å². The molecule has 0 aliphatic carbocycles. The Hall–Kier alpha value is -3.24. The first kappa shape index (κ1) is 31.7. The summed E-state index contributed by atoms with van der Waals surface area (Å²) in [6.07, 6.45) is 2.40. The molecule has 8 nitrogen and oxygen atoms in total. The number of halogens is 2. The molecule has 0 aliphatic rings. The largest absolute Gasteiger partial charge is 0.481 e. The second kappa shape index (κ2) is 14.8. The summed E-state index contributed by atoms with van der Waals surface area (Å²) >= 11 is 14.0. The van der Waals surface area contributed by atoms with Crippen LogP contribution in [0.3, 0.4) is 0 Å². The number of rotatable bonds is 13. The fourth-order valence-electron chi connectivity index (χ4n) is 4.90. The van der Waals surface area contributed by atoms with Crippen LogP contribution in [0.25, 0.3) is 33.6 Å². The first-order valence-electron chi connectivity index (χ1n) is 13.7. The van der Waals surface area contributed by atoms with Gasteiger partial charge in [-0.15, -0.1) is 0 Å². The maximum atomic E-state index is 9.17. The summed E-state index contributed by atoms with van der Waals surface area (Å²) in [5.41, 5.74) is 18.3. The lowest BCUT2D eigenvalue weighted by Gasteiger charge is -2.17. The first-order valence-corrected chi connectivity index (χ1v) is 14.5. The van der Waals surface area contributed by atoms with E-state index in [0.717, 1.165) is 22.3 Å². The van der Waals surface area contributed by atoms with Crippen molar-refractivity contribution in [2.75, 3.05) is 27.4 Å². The van der Waals surface area contributed by atoms with E-state index in [1.807, 2.05) is 60.7 Å². The third-order valence-corrected chi connectivity index (χ3v) is 7.97. The highest BCUT2D eigenvalue weighted by Gasteiger charge is 2.20. The summed E-state index contributed by atoms with van der Waals surface area (Å²) in [6.45, 7) is 0.143. The van der Waals surface area contributed by atoms with Gasteiger partial charge in [0.25, 0.3) is 0 Å². The average Bonchev–Trinajstić information content (AvgIpc) is 3.02. The van der Waals surface area contributed by atoms with Crippen molar-refractivity contribution >= 4 is 23.2 Å². The van der Waals surface area contributed by atoms with Gasteiger partial charge in [-0.25, -0.2) is 9.97 Å². The van der Waals surface area contributed by atoms with E-state index in [0.29, 0.717) is 70.0 Å². The average molecular weight is 612 g/mol. The summed E-state index contributed by atoms with van der Waals surface area (Å²) in [5, 5.41) is 19.3. The van der Waals surface area contributed by atoms with Gasteiger partial charge < -0.3 is 31.2 Å². The van der Waals surface area contributed by atoms with Crippen molar-refractivity contribution in [3.8, 4) is 45.4 Å². The molecular weight excluding hydrogens is 575 g/mol. The lowest BCUT2D eigenvalue weighted by molar-refractivity contribution is 0.279. The Morgan fingerprint density at radius 3 is 1.38 bits per heavy atom. The van der Waals surface area contributed by atoms with Crippen LogP contribution in [-0.2, 0) is 0 Å². The molecule has 0 spiro atoms. The number of aliphatic hydroxyl groups is 2. The van der Waals surface area contributed by atoms with Crippen LogP contribution >= 0.6 is 23.2 Å². The van der Waals surface area contributed by atoms with Gasteiger partial charge in [0.2, 0.25) is 11.8 Å². The van der Waals surface area contributed by atoms with Crippen LogP contribution in [0.1, 0.15) is 48.9 Å². The lowest BCUT2D eigenvalue weighted by atomic mass is 9.97. The number of nitrogens with zero attached hydrogens (tertiary/aromatic N) is 2. The molecule has 222 valence electrons. The number of aromatic nitrogens is 2. The summed E-state index contributed by atoms with van der Waals surface area (Å²) < 4.78 is 11.1. The second-order valence-corrected chi connectivity index (χ2v) is 10.6. The molecule has 6 N–H and O–H groups in total. The molecular formula is C32H36Cl2N4O4. The van der Waals surface area contributed by atoms with Gasteiger partial charge in [0.05, 0.1) is 35.7 Å². The molecule has 0 radical (unpaired) electrons. The van der Waals surface area contributed by atoms with Crippen molar-refractivity contribution < 1.29 is 19.7 Å². The minimum atomic E-state index is -0.311. The molecule has 0 aliphatic heterocycles. The topological polar surface area (TPSA) is 137 Å². The molecule has 0 bridgehead atoms. The third kappa shape index (κ3) is 6.86. The Morgan fingerprint density at radius 1 is 0.643 bits per heavy atom. The number of aliphatic hydroxyl groups excluding tert-OH is 2. The van der Waals surface area contributed by atoms with E-state index in [1.54, 1.807) is 14.2 Å². The molecule has 10 heteroatoms. The van der Waals surface area contributed by atoms with Crippen LogP contribution in [0.15, 0.2) is 60.7 Å². The molecule has 0 unspecified atom stereocenters. The smallest absolute Gasteiger partial charge is 0.218 e. The van der Waals surface area contributed by atoms with Crippen LogP contribution in [-0.4, -0.2) is 47.6 Å². The summed E-state index contributed by atoms with van der Waals surface area (Å²) in [5.74, 6) is 0.831. The number of hydrogen-bond acceptors (Lipinski definition) is 8. The molecule has 2 aromatic heterocycles. The van der Waals surface area contributed by atoms with E-state index < -0.39 is 0 Å². The van der Waals surface area contributed by atoms with Gasteiger partial charge in [0.1, 0.15) is 0 Å². The molecule has 2 heterocycles. The molecule has 42 heavy (non-hydrogen) atoms. The number of benzene rings is 2. The van der Waals surface area contributed by atoms with E-state index in [-0.39, 0.29) is 25.3 Å². The third-order valence-electron chi connectivity index (χ3n) is 7.15. The highest BCUT2D eigenvalue weighted by molar-refractivity contribution is 6.39.